The van der Waals surface area contributed by atoms with E-state index in [4.69, 9.17) is 9.84 Å². The second kappa shape index (κ2) is 6.51. The number of benzene rings is 1. The number of hydrogen-bond acceptors (Lipinski definition) is 3. The Balaban J connectivity index is 2.53. The molecule has 90 valence electrons. The lowest BCUT2D eigenvalue weighted by molar-refractivity contribution is 0.241. The van der Waals surface area contributed by atoms with Gasteiger partial charge in [-0.15, -0.1) is 0 Å². The normalized spacial score (nSPS) is 12.8. The molecule has 0 aliphatic heterocycles. The molecule has 0 aliphatic rings. The molecule has 16 heavy (non-hydrogen) atoms. The Morgan fingerprint density at radius 2 is 2.06 bits per heavy atom. The van der Waals surface area contributed by atoms with Gasteiger partial charge < -0.3 is 15.2 Å². The summed E-state index contributed by atoms with van der Waals surface area (Å²) >= 11 is 0. The van der Waals surface area contributed by atoms with Gasteiger partial charge in [-0.05, 0) is 38.5 Å². The molecule has 0 radical (unpaired) electrons. The summed E-state index contributed by atoms with van der Waals surface area (Å²) in [5, 5.41) is 12.1. The van der Waals surface area contributed by atoms with E-state index in [1.807, 2.05) is 45.0 Å². The van der Waals surface area contributed by atoms with Crippen LogP contribution in [0, 0.1) is 0 Å². The summed E-state index contributed by atoms with van der Waals surface area (Å²) in [7, 11) is 0. The molecule has 0 heterocycles. The van der Waals surface area contributed by atoms with Crippen molar-refractivity contribution in [3.05, 3.63) is 29.8 Å². The molecule has 0 unspecified atom stereocenters. The summed E-state index contributed by atoms with van der Waals surface area (Å²) < 4.78 is 5.61. The van der Waals surface area contributed by atoms with E-state index >= 15 is 0 Å². The highest BCUT2D eigenvalue weighted by atomic mass is 16.5. The molecule has 0 spiro atoms. The van der Waals surface area contributed by atoms with Crippen LogP contribution < -0.4 is 10.1 Å². The second-order valence-corrected chi connectivity index (χ2v) is 4.28. The average Bonchev–Trinajstić information content (AvgIpc) is 2.25. The van der Waals surface area contributed by atoms with Crippen LogP contribution in [0.2, 0.25) is 0 Å². The lowest BCUT2D eigenvalue weighted by atomic mass is 10.2. The number of hydrogen-bond donors (Lipinski definition) is 2. The highest BCUT2D eigenvalue weighted by Gasteiger charge is 2.01. The molecule has 0 amide bonds. The van der Waals surface area contributed by atoms with Crippen molar-refractivity contribution in [3.63, 3.8) is 0 Å². The molecule has 3 nitrogen and oxygen atoms in total. The van der Waals surface area contributed by atoms with Crippen LogP contribution in [0.1, 0.15) is 26.3 Å². The first-order valence-electron chi connectivity index (χ1n) is 5.71. The molecule has 1 rings (SSSR count). The fourth-order valence-electron chi connectivity index (χ4n) is 1.36. The standard InChI is InChI=1S/C13H21NO2/c1-10(2)16-13-6-4-5-12(7-13)8-14-11(3)9-15/h4-7,10-11,14-15H,8-9H2,1-3H3/t11-/m1/s1. The molecule has 0 saturated carbocycles. The summed E-state index contributed by atoms with van der Waals surface area (Å²) in [4.78, 5) is 0. The van der Waals surface area contributed by atoms with Gasteiger partial charge in [0.1, 0.15) is 5.75 Å². The molecule has 0 saturated heterocycles. The molecule has 2 N–H and O–H groups in total. The first-order chi connectivity index (χ1) is 7.61. The van der Waals surface area contributed by atoms with Crippen LogP contribution in [0.4, 0.5) is 0 Å². The summed E-state index contributed by atoms with van der Waals surface area (Å²) in [5.74, 6) is 0.894. The highest BCUT2D eigenvalue weighted by Crippen LogP contribution is 2.14. The monoisotopic (exact) mass is 223 g/mol. The molecule has 0 aromatic heterocycles. The van der Waals surface area contributed by atoms with Crippen molar-refractivity contribution in [1.29, 1.82) is 0 Å². The minimum atomic E-state index is 0.120. The number of nitrogens with one attached hydrogen (secondary N) is 1. The van der Waals surface area contributed by atoms with Crippen LogP contribution in [0.15, 0.2) is 24.3 Å². The van der Waals surface area contributed by atoms with Gasteiger partial charge in [-0.2, -0.15) is 0 Å². The number of ether oxygens (including phenoxy) is 1. The fourth-order valence-corrected chi connectivity index (χ4v) is 1.36. The molecule has 3 heteroatoms. The topological polar surface area (TPSA) is 41.5 Å². The van der Waals surface area contributed by atoms with Crippen molar-refractivity contribution in [1.82, 2.24) is 5.32 Å². The molecule has 1 aromatic rings. The van der Waals surface area contributed by atoms with Gasteiger partial charge in [0.25, 0.3) is 0 Å². The number of aliphatic hydroxyl groups excluding tert-OH is 1. The first-order valence-corrected chi connectivity index (χ1v) is 5.71. The Bertz CT molecular complexity index is 313. The SMILES string of the molecule is CC(C)Oc1cccc(CN[C@H](C)CO)c1. The Kier molecular flexibility index (Phi) is 5.29. The van der Waals surface area contributed by atoms with E-state index in [1.165, 1.54) is 5.56 Å². The van der Waals surface area contributed by atoms with Crippen LogP contribution in [0.25, 0.3) is 0 Å². The van der Waals surface area contributed by atoms with Gasteiger partial charge in [-0.3, -0.25) is 0 Å². The number of aliphatic hydroxyl groups is 1. The van der Waals surface area contributed by atoms with E-state index in [9.17, 15) is 0 Å². The van der Waals surface area contributed by atoms with Gasteiger partial charge in [0, 0.05) is 12.6 Å². The van der Waals surface area contributed by atoms with E-state index in [0.717, 1.165) is 12.3 Å². The first kappa shape index (κ1) is 13.0. The zero-order valence-electron chi connectivity index (χ0n) is 10.2. The van der Waals surface area contributed by atoms with Crippen molar-refractivity contribution >= 4 is 0 Å². The maximum absolute atomic E-state index is 8.90. The second-order valence-electron chi connectivity index (χ2n) is 4.28. The quantitative estimate of drug-likeness (QED) is 0.774. The molecule has 0 bridgehead atoms. The van der Waals surface area contributed by atoms with Crippen LogP contribution in [0.5, 0.6) is 5.75 Å². The van der Waals surface area contributed by atoms with E-state index < -0.39 is 0 Å². The molecular formula is C13H21NO2. The summed E-state index contributed by atoms with van der Waals surface area (Å²) in [5.41, 5.74) is 1.17. The zero-order valence-corrected chi connectivity index (χ0v) is 10.2. The minimum absolute atomic E-state index is 0.120. The van der Waals surface area contributed by atoms with Crippen molar-refractivity contribution in [3.8, 4) is 5.75 Å². The van der Waals surface area contributed by atoms with E-state index in [2.05, 4.69) is 5.32 Å². The largest absolute Gasteiger partial charge is 0.491 e. The summed E-state index contributed by atoms with van der Waals surface area (Å²) in [6, 6.07) is 8.13. The summed E-state index contributed by atoms with van der Waals surface area (Å²) in [6.07, 6.45) is 0.194. The Hall–Kier alpha value is -1.06. The lowest BCUT2D eigenvalue weighted by Crippen LogP contribution is -2.28. The zero-order chi connectivity index (χ0) is 12.0. The summed E-state index contributed by atoms with van der Waals surface area (Å²) in [6.45, 7) is 6.88. The smallest absolute Gasteiger partial charge is 0.120 e. The van der Waals surface area contributed by atoms with Crippen LogP contribution in [-0.4, -0.2) is 23.9 Å². The Labute approximate surface area is 97.4 Å². The van der Waals surface area contributed by atoms with E-state index in [1.54, 1.807) is 0 Å². The Morgan fingerprint density at radius 1 is 1.31 bits per heavy atom. The van der Waals surface area contributed by atoms with Crippen molar-refractivity contribution in [2.45, 2.75) is 39.5 Å². The van der Waals surface area contributed by atoms with Crippen molar-refractivity contribution in [2.75, 3.05) is 6.61 Å². The third-order valence-electron chi connectivity index (χ3n) is 2.20. The predicted octanol–water partition coefficient (Wildman–Crippen LogP) is 1.94. The van der Waals surface area contributed by atoms with E-state index in [0.29, 0.717) is 0 Å². The maximum atomic E-state index is 8.90. The van der Waals surface area contributed by atoms with Crippen LogP contribution in [-0.2, 0) is 6.54 Å². The molecular weight excluding hydrogens is 202 g/mol. The van der Waals surface area contributed by atoms with Crippen LogP contribution >= 0.6 is 0 Å². The van der Waals surface area contributed by atoms with Crippen molar-refractivity contribution < 1.29 is 9.84 Å². The van der Waals surface area contributed by atoms with Gasteiger partial charge in [-0.1, -0.05) is 12.1 Å². The van der Waals surface area contributed by atoms with Crippen molar-refractivity contribution in [2.24, 2.45) is 0 Å². The minimum Gasteiger partial charge on any atom is -0.491 e. The van der Waals surface area contributed by atoms with E-state index in [-0.39, 0.29) is 18.8 Å². The molecule has 1 atom stereocenters. The fraction of sp³-hybridized carbons (Fsp3) is 0.538. The molecule has 0 fully saturated rings. The lowest BCUT2D eigenvalue weighted by Gasteiger charge is -2.13. The Morgan fingerprint density at radius 3 is 2.69 bits per heavy atom. The van der Waals surface area contributed by atoms with Gasteiger partial charge >= 0.3 is 0 Å². The third-order valence-corrected chi connectivity index (χ3v) is 2.20. The van der Waals surface area contributed by atoms with Gasteiger partial charge in [0.2, 0.25) is 0 Å². The maximum Gasteiger partial charge on any atom is 0.120 e. The third kappa shape index (κ3) is 4.64. The number of rotatable bonds is 6. The average molecular weight is 223 g/mol. The molecule has 1 aromatic carbocycles. The van der Waals surface area contributed by atoms with Crippen LogP contribution in [0.3, 0.4) is 0 Å². The van der Waals surface area contributed by atoms with Gasteiger partial charge in [0.05, 0.1) is 12.7 Å². The highest BCUT2D eigenvalue weighted by molar-refractivity contribution is 5.28. The molecule has 0 aliphatic carbocycles. The van der Waals surface area contributed by atoms with Gasteiger partial charge in [0.15, 0.2) is 0 Å². The predicted molar refractivity (Wildman–Crippen MR) is 65.6 cm³/mol. The van der Waals surface area contributed by atoms with Gasteiger partial charge in [-0.25, -0.2) is 0 Å².